The van der Waals surface area contributed by atoms with Gasteiger partial charge in [0.2, 0.25) is 5.91 Å². The van der Waals surface area contributed by atoms with Crippen molar-refractivity contribution in [3.63, 3.8) is 0 Å². The predicted octanol–water partition coefficient (Wildman–Crippen LogP) is 3.39. The van der Waals surface area contributed by atoms with Crippen LogP contribution >= 0.6 is 0 Å². The first kappa shape index (κ1) is 19.0. The molecule has 1 saturated heterocycles. The van der Waals surface area contributed by atoms with E-state index in [0.29, 0.717) is 26.2 Å². The number of carbonyl (C=O) groups excluding carboxylic acids is 1. The summed E-state index contributed by atoms with van der Waals surface area (Å²) < 4.78 is 13.9. The number of aryl methyl sites for hydroxylation is 2. The molecule has 0 unspecified atom stereocenters. The molecule has 2 aromatic rings. The van der Waals surface area contributed by atoms with Crippen LogP contribution in [0.15, 0.2) is 24.3 Å². The molecule has 0 aliphatic carbocycles. The maximum Gasteiger partial charge on any atom is 0.222 e. The van der Waals surface area contributed by atoms with Crippen molar-refractivity contribution in [3.05, 3.63) is 46.8 Å². The van der Waals surface area contributed by atoms with Gasteiger partial charge < -0.3 is 14.8 Å². The second-order valence-electron chi connectivity index (χ2n) is 8.03. The monoisotopic (exact) mass is 383 g/mol. The highest BCUT2D eigenvalue weighted by atomic mass is 16.5. The highest BCUT2D eigenvalue weighted by molar-refractivity contribution is 5.76. The Hall–Kier alpha value is -2.34. The maximum absolute atomic E-state index is 12.8. The summed E-state index contributed by atoms with van der Waals surface area (Å²) in [6.45, 7) is 8.14. The summed E-state index contributed by atoms with van der Waals surface area (Å²) in [5.41, 5.74) is 4.17. The van der Waals surface area contributed by atoms with E-state index in [1.165, 1.54) is 5.56 Å². The quantitative estimate of drug-likeness (QED) is 0.879. The van der Waals surface area contributed by atoms with Crippen LogP contribution in [0.4, 0.5) is 0 Å². The number of ether oxygens (including phenoxy) is 2. The number of hydrogen-bond acceptors (Lipinski definition) is 4. The first-order valence-corrected chi connectivity index (χ1v) is 10.1. The zero-order chi connectivity index (χ0) is 19.7. The molecule has 3 heterocycles. The number of hydrogen-bond donors (Lipinski definition) is 1. The molecule has 1 N–H and O–H groups in total. The van der Waals surface area contributed by atoms with E-state index in [0.717, 1.165) is 42.0 Å². The molecule has 4 rings (SSSR count). The number of fused-ring (bicyclic) bond motifs is 1. The summed E-state index contributed by atoms with van der Waals surface area (Å²) >= 11 is 0. The highest BCUT2D eigenvalue weighted by Crippen LogP contribution is 2.43. The lowest BCUT2D eigenvalue weighted by molar-refractivity contribution is -0.123. The molecule has 1 aromatic heterocycles. The van der Waals surface area contributed by atoms with Crippen molar-refractivity contribution in [1.29, 1.82) is 0 Å². The number of para-hydroxylation sites is 1. The molecule has 0 radical (unpaired) electrons. The largest absolute Gasteiger partial charge is 0.487 e. The molecule has 1 aromatic carbocycles. The number of aromatic nitrogens is 2. The lowest BCUT2D eigenvalue weighted by Crippen LogP contribution is -2.48. The van der Waals surface area contributed by atoms with Gasteiger partial charge in [-0.15, -0.1) is 0 Å². The van der Waals surface area contributed by atoms with Gasteiger partial charge in [-0.1, -0.05) is 18.2 Å². The summed E-state index contributed by atoms with van der Waals surface area (Å²) in [5.74, 6) is 0.934. The number of nitrogens with one attached hydrogen (secondary N) is 1. The molecule has 2 aliphatic heterocycles. The van der Waals surface area contributed by atoms with Gasteiger partial charge in [0.05, 0.1) is 24.9 Å². The van der Waals surface area contributed by atoms with Crippen LogP contribution in [0.2, 0.25) is 0 Å². The van der Waals surface area contributed by atoms with Crippen LogP contribution in [0.3, 0.4) is 0 Å². The van der Waals surface area contributed by atoms with Gasteiger partial charge in [0.25, 0.3) is 0 Å². The van der Waals surface area contributed by atoms with Crippen molar-refractivity contribution in [2.24, 2.45) is 0 Å². The molecule has 28 heavy (non-hydrogen) atoms. The zero-order valence-electron chi connectivity index (χ0n) is 17.0. The molecule has 6 nitrogen and oxygen atoms in total. The second-order valence-corrected chi connectivity index (χ2v) is 8.03. The molecule has 0 bridgehead atoms. The lowest BCUT2D eigenvalue weighted by Gasteiger charge is -2.44. The van der Waals surface area contributed by atoms with Crippen LogP contribution in [0.25, 0.3) is 0 Å². The van der Waals surface area contributed by atoms with E-state index < -0.39 is 0 Å². The number of amides is 1. The minimum Gasteiger partial charge on any atom is -0.487 e. The zero-order valence-corrected chi connectivity index (χ0v) is 17.0. The summed E-state index contributed by atoms with van der Waals surface area (Å²) in [6.07, 6.45) is 2.92. The van der Waals surface area contributed by atoms with Crippen LogP contribution in [0, 0.1) is 20.8 Å². The average molecular weight is 383 g/mol. The van der Waals surface area contributed by atoms with Crippen LogP contribution in [-0.2, 0) is 16.1 Å². The van der Waals surface area contributed by atoms with E-state index in [2.05, 4.69) is 30.3 Å². The number of carbonyl (C=O) groups is 1. The molecule has 1 atom stereocenters. The smallest absolute Gasteiger partial charge is 0.222 e. The Kier molecular flexibility index (Phi) is 5.15. The summed E-state index contributed by atoms with van der Waals surface area (Å²) in [4.78, 5) is 12.8. The Morgan fingerprint density at radius 2 is 2.00 bits per heavy atom. The summed E-state index contributed by atoms with van der Waals surface area (Å²) in [6, 6.07) is 8.02. The van der Waals surface area contributed by atoms with Crippen molar-refractivity contribution >= 4 is 5.91 Å². The first-order chi connectivity index (χ1) is 13.5. The average Bonchev–Trinajstić information content (AvgIpc) is 2.94. The standard InChI is InChI=1S/C22H29N3O3/c1-15-16(2)24-25(17(15)3)11-8-21(26)23-19-14-22(9-12-27-13-10-22)28-20-7-5-4-6-18(19)20/h4-7,19H,8-14H2,1-3H3,(H,23,26)/t19-/m1/s1. The predicted molar refractivity (Wildman–Crippen MR) is 106 cm³/mol. The molecule has 1 amide bonds. The van der Waals surface area contributed by atoms with Crippen molar-refractivity contribution in [2.75, 3.05) is 13.2 Å². The Balaban J connectivity index is 1.46. The molecule has 0 saturated carbocycles. The van der Waals surface area contributed by atoms with Gasteiger partial charge >= 0.3 is 0 Å². The third-order valence-electron chi connectivity index (χ3n) is 6.23. The minimum atomic E-state index is -0.239. The second kappa shape index (κ2) is 7.59. The Morgan fingerprint density at radius 1 is 1.25 bits per heavy atom. The van der Waals surface area contributed by atoms with Gasteiger partial charge in [-0.2, -0.15) is 5.10 Å². The normalized spacial score (nSPS) is 20.5. The molecule has 2 aliphatic rings. The Morgan fingerprint density at radius 3 is 2.71 bits per heavy atom. The van der Waals surface area contributed by atoms with Gasteiger partial charge in [-0.3, -0.25) is 9.48 Å². The summed E-state index contributed by atoms with van der Waals surface area (Å²) in [7, 11) is 0. The van der Waals surface area contributed by atoms with Gasteiger partial charge in [0.15, 0.2) is 0 Å². The lowest BCUT2D eigenvalue weighted by atomic mass is 9.82. The van der Waals surface area contributed by atoms with Gasteiger partial charge in [-0.05, 0) is 32.4 Å². The SMILES string of the molecule is Cc1nn(CCC(=O)N[C@@H]2CC3(CCOCC3)Oc3ccccc32)c(C)c1C. The van der Waals surface area contributed by atoms with E-state index in [-0.39, 0.29) is 17.6 Å². The Labute approximate surface area is 166 Å². The van der Waals surface area contributed by atoms with Crippen molar-refractivity contribution in [1.82, 2.24) is 15.1 Å². The van der Waals surface area contributed by atoms with Crippen LogP contribution in [-0.4, -0.2) is 34.5 Å². The van der Waals surface area contributed by atoms with E-state index in [9.17, 15) is 4.79 Å². The van der Waals surface area contributed by atoms with Crippen molar-refractivity contribution < 1.29 is 14.3 Å². The van der Waals surface area contributed by atoms with Gasteiger partial charge in [0.1, 0.15) is 11.4 Å². The molecule has 6 heteroatoms. The number of benzene rings is 1. The third-order valence-corrected chi connectivity index (χ3v) is 6.23. The van der Waals surface area contributed by atoms with E-state index in [4.69, 9.17) is 9.47 Å². The van der Waals surface area contributed by atoms with Crippen molar-refractivity contribution in [3.8, 4) is 5.75 Å². The fourth-order valence-corrected chi connectivity index (χ4v) is 4.27. The molecule has 1 fully saturated rings. The third kappa shape index (κ3) is 3.65. The van der Waals surface area contributed by atoms with Crippen LogP contribution in [0.1, 0.15) is 54.2 Å². The van der Waals surface area contributed by atoms with Crippen molar-refractivity contribution in [2.45, 2.75) is 64.6 Å². The molecule has 1 spiro atoms. The number of nitrogens with zero attached hydrogens (tertiary/aromatic N) is 2. The fourth-order valence-electron chi connectivity index (χ4n) is 4.27. The van der Waals surface area contributed by atoms with E-state index in [1.807, 2.05) is 29.8 Å². The summed E-state index contributed by atoms with van der Waals surface area (Å²) in [5, 5.41) is 7.79. The van der Waals surface area contributed by atoms with E-state index in [1.54, 1.807) is 0 Å². The molecular weight excluding hydrogens is 354 g/mol. The first-order valence-electron chi connectivity index (χ1n) is 10.1. The van der Waals surface area contributed by atoms with Crippen LogP contribution < -0.4 is 10.1 Å². The maximum atomic E-state index is 12.8. The minimum absolute atomic E-state index is 0.0299. The highest BCUT2D eigenvalue weighted by Gasteiger charge is 2.42. The molecule has 150 valence electrons. The topological polar surface area (TPSA) is 65.4 Å². The fraction of sp³-hybridized carbons (Fsp3) is 0.545. The van der Waals surface area contributed by atoms with E-state index >= 15 is 0 Å². The Bertz CT molecular complexity index is 868. The van der Waals surface area contributed by atoms with Crippen LogP contribution in [0.5, 0.6) is 5.75 Å². The molecular formula is C22H29N3O3. The van der Waals surface area contributed by atoms with Gasteiger partial charge in [-0.25, -0.2) is 0 Å². The number of rotatable bonds is 4. The van der Waals surface area contributed by atoms with Gasteiger partial charge in [0, 0.05) is 43.5 Å².